The highest BCUT2D eigenvalue weighted by atomic mass is 19.1. The van der Waals surface area contributed by atoms with E-state index in [9.17, 15) is 4.39 Å². The zero-order valence-electron chi connectivity index (χ0n) is 11.9. The van der Waals surface area contributed by atoms with Crippen LogP contribution in [0.4, 0.5) is 4.39 Å². The zero-order valence-corrected chi connectivity index (χ0v) is 11.9. The summed E-state index contributed by atoms with van der Waals surface area (Å²) in [6.07, 6.45) is 1.65. The Morgan fingerprint density at radius 3 is 2.80 bits per heavy atom. The number of nitrogens with two attached hydrogens (primary N) is 1. The fraction of sp³-hybridized carbons (Fsp3) is 0.357. The van der Waals surface area contributed by atoms with Crippen molar-refractivity contribution in [3.05, 3.63) is 47.0 Å². The molecule has 0 fully saturated rings. The molecule has 108 valence electrons. The van der Waals surface area contributed by atoms with E-state index in [0.717, 1.165) is 11.3 Å². The van der Waals surface area contributed by atoms with Crippen molar-refractivity contribution in [1.82, 2.24) is 15.2 Å². The van der Waals surface area contributed by atoms with E-state index in [0.29, 0.717) is 17.9 Å². The second kappa shape index (κ2) is 6.02. The summed E-state index contributed by atoms with van der Waals surface area (Å²) < 4.78 is 20.5. The Morgan fingerprint density at radius 1 is 1.50 bits per heavy atom. The van der Waals surface area contributed by atoms with Gasteiger partial charge in [0.15, 0.2) is 5.75 Å². The van der Waals surface area contributed by atoms with Crippen molar-refractivity contribution < 1.29 is 9.13 Å². The van der Waals surface area contributed by atoms with Crippen LogP contribution in [0.5, 0.6) is 5.75 Å². The lowest BCUT2D eigenvalue weighted by molar-refractivity contribution is 0.399. The maximum Gasteiger partial charge on any atom is 0.161 e. The van der Waals surface area contributed by atoms with Crippen molar-refractivity contribution in [2.75, 3.05) is 7.11 Å². The molecule has 0 aliphatic rings. The summed E-state index contributed by atoms with van der Waals surface area (Å²) in [6, 6.07) is 4.60. The lowest BCUT2D eigenvalue weighted by Crippen LogP contribution is -2.31. The molecule has 0 saturated heterocycles. The summed E-state index contributed by atoms with van der Waals surface area (Å²) in [4.78, 5) is 0. The molecule has 0 radical (unpaired) electrons. The average molecular weight is 278 g/mol. The molecule has 2 aromatic rings. The molecule has 1 aromatic carbocycles. The maximum absolute atomic E-state index is 13.4. The molecule has 0 amide bonds. The minimum atomic E-state index is -0.313. The summed E-state index contributed by atoms with van der Waals surface area (Å²) in [5.41, 5.74) is 5.01. The third-order valence-corrected chi connectivity index (χ3v) is 3.32. The molecule has 0 saturated carbocycles. The third kappa shape index (κ3) is 2.52. The number of halogens is 1. The second-order valence-corrected chi connectivity index (χ2v) is 4.52. The van der Waals surface area contributed by atoms with E-state index in [2.05, 4.69) is 10.5 Å². The van der Waals surface area contributed by atoms with Gasteiger partial charge in [-0.25, -0.2) is 9.82 Å². The number of hydrogen-bond acceptors (Lipinski definition) is 4. The minimum Gasteiger partial charge on any atom is -0.493 e. The summed E-state index contributed by atoms with van der Waals surface area (Å²) in [5.74, 6) is 6.11. The van der Waals surface area contributed by atoms with Gasteiger partial charge in [-0.15, -0.1) is 0 Å². The van der Waals surface area contributed by atoms with Gasteiger partial charge in [-0.2, -0.15) is 5.10 Å². The quantitative estimate of drug-likeness (QED) is 0.648. The molecule has 5 nitrogen and oxygen atoms in total. The Balaban J connectivity index is 2.51. The van der Waals surface area contributed by atoms with Crippen LogP contribution in [-0.2, 0) is 6.54 Å². The van der Waals surface area contributed by atoms with Gasteiger partial charge < -0.3 is 4.74 Å². The first-order chi connectivity index (χ1) is 9.62. The number of nitrogens with one attached hydrogen (secondary N) is 1. The van der Waals surface area contributed by atoms with Crippen LogP contribution >= 0.6 is 0 Å². The van der Waals surface area contributed by atoms with Crippen molar-refractivity contribution >= 4 is 0 Å². The Morgan fingerprint density at radius 2 is 2.25 bits per heavy atom. The molecule has 1 aromatic heterocycles. The molecule has 1 heterocycles. The molecule has 0 bridgehead atoms. The van der Waals surface area contributed by atoms with E-state index in [1.807, 2.05) is 11.6 Å². The van der Waals surface area contributed by atoms with Crippen molar-refractivity contribution in [3.63, 3.8) is 0 Å². The number of ether oxygens (including phenoxy) is 1. The van der Waals surface area contributed by atoms with Gasteiger partial charge in [-0.05, 0) is 31.0 Å². The highest BCUT2D eigenvalue weighted by molar-refractivity contribution is 5.38. The number of hydrogen-bond donors (Lipinski definition) is 2. The molecule has 20 heavy (non-hydrogen) atoms. The van der Waals surface area contributed by atoms with Crippen molar-refractivity contribution in [1.29, 1.82) is 0 Å². The number of benzene rings is 1. The van der Waals surface area contributed by atoms with Crippen LogP contribution in [0.3, 0.4) is 0 Å². The second-order valence-electron chi connectivity index (χ2n) is 4.52. The third-order valence-electron chi connectivity index (χ3n) is 3.32. The Bertz CT molecular complexity index is 575. The summed E-state index contributed by atoms with van der Waals surface area (Å²) in [5, 5.41) is 4.26. The highest BCUT2D eigenvalue weighted by Gasteiger charge is 2.22. The maximum atomic E-state index is 13.4. The van der Waals surface area contributed by atoms with E-state index in [1.165, 1.54) is 6.07 Å². The van der Waals surface area contributed by atoms with Gasteiger partial charge in [-0.1, -0.05) is 12.1 Å². The van der Waals surface area contributed by atoms with Crippen LogP contribution in [0.25, 0.3) is 0 Å². The molecule has 6 heteroatoms. The van der Waals surface area contributed by atoms with E-state index in [4.69, 9.17) is 10.6 Å². The summed E-state index contributed by atoms with van der Waals surface area (Å²) in [6.45, 7) is 4.40. The summed E-state index contributed by atoms with van der Waals surface area (Å²) in [7, 11) is 1.59. The van der Waals surface area contributed by atoms with E-state index in [-0.39, 0.29) is 11.9 Å². The number of rotatable bonds is 5. The topological polar surface area (TPSA) is 65.1 Å². The molecule has 0 aliphatic carbocycles. The average Bonchev–Trinajstić information content (AvgIpc) is 2.86. The molecule has 1 atom stereocenters. The Hall–Kier alpha value is -1.92. The number of methoxy groups -OCH3 is 1. The van der Waals surface area contributed by atoms with Gasteiger partial charge in [0.1, 0.15) is 11.5 Å². The SMILES string of the molecule is CCn1ncc(OC)c1C(NN)c1ccc(F)c(C)c1. The van der Waals surface area contributed by atoms with Crippen LogP contribution in [0.2, 0.25) is 0 Å². The Labute approximate surface area is 117 Å². The molecule has 2 rings (SSSR count). The first kappa shape index (κ1) is 14.5. The van der Waals surface area contributed by atoms with Crippen LogP contribution < -0.4 is 16.0 Å². The van der Waals surface area contributed by atoms with Gasteiger partial charge in [-0.3, -0.25) is 10.5 Å². The zero-order chi connectivity index (χ0) is 14.7. The van der Waals surface area contributed by atoms with E-state index < -0.39 is 0 Å². The van der Waals surface area contributed by atoms with Gasteiger partial charge >= 0.3 is 0 Å². The van der Waals surface area contributed by atoms with Gasteiger partial charge in [0.05, 0.1) is 19.3 Å². The first-order valence-corrected chi connectivity index (χ1v) is 6.44. The smallest absolute Gasteiger partial charge is 0.161 e. The fourth-order valence-corrected chi connectivity index (χ4v) is 2.26. The largest absolute Gasteiger partial charge is 0.493 e. The van der Waals surface area contributed by atoms with Crippen LogP contribution in [0.1, 0.15) is 29.8 Å². The van der Waals surface area contributed by atoms with Gasteiger partial charge in [0.25, 0.3) is 0 Å². The predicted octanol–water partition coefficient (Wildman–Crippen LogP) is 1.91. The lowest BCUT2D eigenvalue weighted by Gasteiger charge is -2.19. The molecule has 1 unspecified atom stereocenters. The molecular formula is C14H19FN4O. The van der Waals surface area contributed by atoms with E-state index in [1.54, 1.807) is 32.4 Å². The Kier molecular flexibility index (Phi) is 4.36. The molecule has 0 spiro atoms. The lowest BCUT2D eigenvalue weighted by atomic mass is 10.0. The van der Waals surface area contributed by atoms with Crippen molar-refractivity contribution in [3.8, 4) is 5.75 Å². The number of aromatic nitrogens is 2. The first-order valence-electron chi connectivity index (χ1n) is 6.44. The molecule has 3 N–H and O–H groups in total. The fourth-order valence-electron chi connectivity index (χ4n) is 2.26. The highest BCUT2D eigenvalue weighted by Crippen LogP contribution is 2.30. The van der Waals surface area contributed by atoms with Crippen molar-refractivity contribution in [2.24, 2.45) is 5.84 Å². The number of hydrazine groups is 1. The van der Waals surface area contributed by atoms with E-state index >= 15 is 0 Å². The van der Waals surface area contributed by atoms with Crippen LogP contribution in [0.15, 0.2) is 24.4 Å². The van der Waals surface area contributed by atoms with Gasteiger partial charge in [0, 0.05) is 6.54 Å². The van der Waals surface area contributed by atoms with Crippen LogP contribution in [0, 0.1) is 12.7 Å². The number of aryl methyl sites for hydroxylation is 2. The normalized spacial score (nSPS) is 12.4. The molecular weight excluding hydrogens is 259 g/mol. The minimum absolute atomic E-state index is 0.236. The van der Waals surface area contributed by atoms with Gasteiger partial charge in [0.2, 0.25) is 0 Å². The monoisotopic (exact) mass is 278 g/mol. The standard InChI is InChI=1S/C14H19FN4O/c1-4-19-14(12(20-3)8-17-19)13(18-16)10-5-6-11(15)9(2)7-10/h5-8,13,18H,4,16H2,1-3H3. The van der Waals surface area contributed by atoms with Crippen molar-refractivity contribution in [2.45, 2.75) is 26.4 Å². The predicted molar refractivity (Wildman–Crippen MR) is 74.8 cm³/mol. The summed E-state index contributed by atoms with van der Waals surface area (Å²) >= 11 is 0. The van der Waals surface area contributed by atoms with Crippen LogP contribution in [-0.4, -0.2) is 16.9 Å². The molecule has 0 aliphatic heterocycles. The number of nitrogens with zero attached hydrogens (tertiary/aromatic N) is 2.